The number of aromatic nitrogens is 2. The first-order valence-electron chi connectivity index (χ1n) is 8.67. The zero-order valence-corrected chi connectivity index (χ0v) is 14.8. The number of para-hydroxylation sites is 2. The van der Waals surface area contributed by atoms with E-state index in [1.165, 1.54) is 0 Å². The first kappa shape index (κ1) is 16.2. The highest BCUT2D eigenvalue weighted by Crippen LogP contribution is 2.30. The molecular weight excluding hydrogens is 334 g/mol. The monoisotopic (exact) mass is 355 g/mol. The molecule has 2 aliphatic heterocycles. The average molecular weight is 355 g/mol. The number of carbonyl (C=O) groups is 1. The molecule has 0 fully saturated rings. The maximum atomic E-state index is 12.2. The second-order valence-electron chi connectivity index (χ2n) is 6.23. The van der Waals surface area contributed by atoms with Crippen molar-refractivity contribution in [2.75, 3.05) is 19.6 Å². The van der Waals surface area contributed by atoms with Crippen molar-refractivity contribution in [1.82, 2.24) is 20.2 Å². The fraction of sp³-hybridized carbons (Fsp3) is 0.389. The van der Waals surface area contributed by atoms with E-state index in [1.807, 2.05) is 24.3 Å². The Kier molecular flexibility index (Phi) is 4.74. The van der Waals surface area contributed by atoms with Gasteiger partial charge in [-0.2, -0.15) is 0 Å². The van der Waals surface area contributed by atoms with E-state index < -0.39 is 0 Å². The molecule has 0 aliphatic carbocycles. The van der Waals surface area contributed by atoms with Crippen molar-refractivity contribution in [2.24, 2.45) is 4.99 Å². The number of carbonyl (C=O) groups excluding carboxylic acids is 1. The predicted molar refractivity (Wildman–Crippen MR) is 101 cm³/mol. The first-order valence-corrected chi connectivity index (χ1v) is 9.55. The van der Waals surface area contributed by atoms with Crippen molar-refractivity contribution in [3.05, 3.63) is 41.2 Å². The van der Waals surface area contributed by atoms with Gasteiger partial charge in [-0.3, -0.25) is 9.79 Å². The number of aliphatic imine (C=N–C) groups is 1. The van der Waals surface area contributed by atoms with E-state index in [1.54, 1.807) is 11.8 Å². The van der Waals surface area contributed by atoms with Crippen molar-refractivity contribution in [2.45, 2.75) is 25.7 Å². The van der Waals surface area contributed by atoms with Crippen LogP contribution >= 0.6 is 11.8 Å². The molecule has 7 heteroatoms. The van der Waals surface area contributed by atoms with Gasteiger partial charge in [-0.1, -0.05) is 23.9 Å². The number of rotatable bonds is 6. The SMILES string of the molecule is O=C(CC1=CSC2=NCCCN12)NCCCc1nc2ccccc2[nH]1. The Morgan fingerprint density at radius 3 is 3.20 bits per heavy atom. The van der Waals surface area contributed by atoms with Gasteiger partial charge in [-0.25, -0.2) is 4.98 Å². The number of amides is 1. The van der Waals surface area contributed by atoms with Crippen molar-refractivity contribution >= 4 is 33.9 Å². The van der Waals surface area contributed by atoms with Crippen molar-refractivity contribution in [3.63, 3.8) is 0 Å². The molecule has 0 unspecified atom stereocenters. The van der Waals surface area contributed by atoms with Crippen molar-refractivity contribution in [3.8, 4) is 0 Å². The van der Waals surface area contributed by atoms with Crippen LogP contribution in [0.3, 0.4) is 0 Å². The third kappa shape index (κ3) is 3.71. The van der Waals surface area contributed by atoms with Crippen molar-refractivity contribution < 1.29 is 4.79 Å². The van der Waals surface area contributed by atoms with Crippen LogP contribution < -0.4 is 5.32 Å². The lowest BCUT2D eigenvalue weighted by atomic mass is 10.2. The molecule has 0 saturated heterocycles. The number of benzene rings is 1. The second-order valence-corrected chi connectivity index (χ2v) is 7.06. The van der Waals surface area contributed by atoms with Gasteiger partial charge in [0.1, 0.15) is 5.82 Å². The van der Waals surface area contributed by atoms with Gasteiger partial charge < -0.3 is 15.2 Å². The lowest BCUT2D eigenvalue weighted by Gasteiger charge is -2.25. The van der Waals surface area contributed by atoms with Crippen LogP contribution in [0.25, 0.3) is 11.0 Å². The highest BCUT2D eigenvalue weighted by atomic mass is 32.2. The molecule has 4 rings (SSSR count). The Bertz CT molecular complexity index is 808. The lowest BCUT2D eigenvalue weighted by molar-refractivity contribution is -0.120. The highest BCUT2D eigenvalue weighted by Gasteiger charge is 2.25. The number of H-pyrrole nitrogens is 1. The molecule has 0 saturated carbocycles. The fourth-order valence-electron chi connectivity index (χ4n) is 3.11. The lowest BCUT2D eigenvalue weighted by Crippen LogP contribution is -2.33. The average Bonchev–Trinajstić information content (AvgIpc) is 3.23. The van der Waals surface area contributed by atoms with E-state index in [0.717, 1.165) is 60.1 Å². The number of hydrogen-bond acceptors (Lipinski definition) is 5. The molecule has 2 aromatic rings. The van der Waals surface area contributed by atoms with Crippen LogP contribution in [0.2, 0.25) is 0 Å². The predicted octanol–water partition coefficient (Wildman–Crippen LogP) is 2.65. The number of imidazole rings is 1. The van der Waals surface area contributed by atoms with Gasteiger partial charge in [-0.05, 0) is 30.4 Å². The van der Waals surface area contributed by atoms with Gasteiger partial charge in [0, 0.05) is 31.8 Å². The Morgan fingerprint density at radius 2 is 2.28 bits per heavy atom. The molecular formula is C18H21N5OS. The number of aromatic amines is 1. The maximum absolute atomic E-state index is 12.2. The zero-order valence-electron chi connectivity index (χ0n) is 14.0. The summed E-state index contributed by atoms with van der Waals surface area (Å²) in [5, 5.41) is 6.11. The van der Waals surface area contributed by atoms with Gasteiger partial charge in [0.25, 0.3) is 0 Å². The van der Waals surface area contributed by atoms with E-state index in [0.29, 0.717) is 13.0 Å². The molecule has 130 valence electrons. The summed E-state index contributed by atoms with van der Waals surface area (Å²) in [6, 6.07) is 8.02. The normalized spacial score (nSPS) is 16.6. The van der Waals surface area contributed by atoms with Crippen LogP contribution in [0.4, 0.5) is 0 Å². The van der Waals surface area contributed by atoms with Gasteiger partial charge in [0.15, 0.2) is 5.17 Å². The Balaban J connectivity index is 1.21. The number of fused-ring (bicyclic) bond motifs is 2. The number of nitrogens with zero attached hydrogens (tertiary/aromatic N) is 3. The van der Waals surface area contributed by atoms with E-state index >= 15 is 0 Å². The van der Waals surface area contributed by atoms with Gasteiger partial charge >= 0.3 is 0 Å². The number of thioether (sulfide) groups is 1. The zero-order chi connectivity index (χ0) is 17.1. The Hall–Kier alpha value is -2.28. The third-order valence-electron chi connectivity index (χ3n) is 4.36. The Labute approximate surface area is 150 Å². The summed E-state index contributed by atoms with van der Waals surface area (Å²) in [6.45, 7) is 2.53. The largest absolute Gasteiger partial charge is 0.356 e. The fourth-order valence-corrected chi connectivity index (χ4v) is 4.06. The molecule has 3 heterocycles. The van der Waals surface area contributed by atoms with Gasteiger partial charge in [0.05, 0.1) is 17.5 Å². The summed E-state index contributed by atoms with van der Waals surface area (Å²) in [7, 11) is 0. The van der Waals surface area contributed by atoms with Crippen LogP contribution in [-0.4, -0.2) is 45.6 Å². The summed E-state index contributed by atoms with van der Waals surface area (Å²) in [4.78, 5) is 26.7. The molecule has 1 amide bonds. The summed E-state index contributed by atoms with van der Waals surface area (Å²) < 4.78 is 0. The van der Waals surface area contributed by atoms with E-state index in [2.05, 4.69) is 30.6 Å². The summed E-state index contributed by atoms with van der Waals surface area (Å²) >= 11 is 1.63. The van der Waals surface area contributed by atoms with Gasteiger partial charge in [0.2, 0.25) is 5.91 Å². The second kappa shape index (κ2) is 7.31. The minimum absolute atomic E-state index is 0.0725. The molecule has 6 nitrogen and oxygen atoms in total. The standard InChI is InChI=1S/C18H21N5OS/c24-17(11-13-12-25-18-20-9-4-10-23(13)18)19-8-3-7-16-21-14-5-1-2-6-15(14)22-16/h1-2,5-6,12H,3-4,7-11H2,(H,19,24)(H,21,22). The molecule has 2 N–H and O–H groups in total. The van der Waals surface area contributed by atoms with Crippen LogP contribution in [0.1, 0.15) is 25.1 Å². The molecule has 0 spiro atoms. The molecule has 2 aliphatic rings. The topological polar surface area (TPSA) is 73.4 Å². The first-order chi connectivity index (χ1) is 12.3. The number of hydrogen-bond donors (Lipinski definition) is 2. The third-order valence-corrected chi connectivity index (χ3v) is 5.31. The molecule has 0 radical (unpaired) electrons. The molecule has 25 heavy (non-hydrogen) atoms. The van der Waals surface area contributed by atoms with E-state index in [9.17, 15) is 4.79 Å². The van der Waals surface area contributed by atoms with E-state index in [4.69, 9.17) is 0 Å². The molecule has 1 aromatic heterocycles. The van der Waals surface area contributed by atoms with Crippen LogP contribution in [0.15, 0.2) is 40.4 Å². The molecule has 1 aromatic carbocycles. The van der Waals surface area contributed by atoms with Crippen LogP contribution in [0.5, 0.6) is 0 Å². The number of amidine groups is 1. The van der Waals surface area contributed by atoms with E-state index in [-0.39, 0.29) is 5.91 Å². The Morgan fingerprint density at radius 1 is 1.36 bits per heavy atom. The maximum Gasteiger partial charge on any atom is 0.225 e. The minimum Gasteiger partial charge on any atom is -0.356 e. The smallest absolute Gasteiger partial charge is 0.225 e. The summed E-state index contributed by atoms with van der Waals surface area (Å²) in [5.41, 5.74) is 3.12. The minimum atomic E-state index is 0.0725. The van der Waals surface area contributed by atoms with Crippen molar-refractivity contribution in [1.29, 1.82) is 0 Å². The number of nitrogens with one attached hydrogen (secondary N) is 2. The highest BCUT2D eigenvalue weighted by molar-refractivity contribution is 8.16. The number of aryl methyl sites for hydroxylation is 1. The summed E-state index contributed by atoms with van der Waals surface area (Å²) in [5.74, 6) is 1.04. The summed E-state index contributed by atoms with van der Waals surface area (Å²) in [6.07, 6.45) is 3.18. The quantitative estimate of drug-likeness (QED) is 0.782. The van der Waals surface area contributed by atoms with Gasteiger partial charge in [-0.15, -0.1) is 0 Å². The molecule has 0 bridgehead atoms. The van der Waals surface area contributed by atoms with Crippen LogP contribution in [-0.2, 0) is 11.2 Å². The molecule has 0 atom stereocenters. The van der Waals surface area contributed by atoms with Crippen LogP contribution in [0, 0.1) is 0 Å².